The van der Waals surface area contributed by atoms with Crippen LogP contribution in [0.4, 0.5) is 0 Å². The molecule has 0 aromatic heterocycles. The van der Waals surface area contributed by atoms with Crippen LogP contribution in [-0.2, 0) is 13.2 Å². The number of benzene rings is 2. The molecule has 2 N–H and O–H groups in total. The van der Waals surface area contributed by atoms with Gasteiger partial charge in [0.15, 0.2) is 0 Å². The smallest absolute Gasteiger partial charge is 0.119 e. The second kappa shape index (κ2) is 9.01. The maximum absolute atomic E-state index is 8.71. The van der Waals surface area contributed by atoms with Gasteiger partial charge in [0.05, 0.1) is 0 Å². The lowest BCUT2D eigenvalue weighted by Crippen LogP contribution is -2.15. The number of ether oxygens (including phenoxy) is 1. The van der Waals surface area contributed by atoms with Crippen LogP contribution in [0.1, 0.15) is 17.5 Å². The van der Waals surface area contributed by atoms with Crippen LogP contribution in [0, 0.1) is 0 Å². The van der Waals surface area contributed by atoms with E-state index in [2.05, 4.69) is 5.32 Å². The molecule has 0 saturated carbocycles. The zero-order chi connectivity index (χ0) is 15.8. The lowest BCUT2D eigenvalue weighted by atomic mass is 10.2. The largest absolute Gasteiger partial charge is 0.489 e. The van der Waals surface area contributed by atoms with Crippen molar-refractivity contribution < 1.29 is 9.84 Å². The van der Waals surface area contributed by atoms with Gasteiger partial charge in [-0.05, 0) is 42.8 Å². The predicted molar refractivity (Wildman–Crippen MR) is 90.6 cm³/mol. The zero-order valence-corrected chi connectivity index (χ0v) is 13.7. The fraction of sp³-hybridized carbons (Fsp3) is 0.294. The molecule has 0 fully saturated rings. The third-order valence-electron chi connectivity index (χ3n) is 3.17. The Morgan fingerprint density at radius 2 is 1.82 bits per heavy atom. The minimum atomic E-state index is 0.215. The predicted octanol–water partition coefficient (Wildman–Crippen LogP) is 4.04. The molecule has 0 saturated heterocycles. The fourth-order valence-corrected chi connectivity index (χ4v) is 2.40. The lowest BCUT2D eigenvalue weighted by molar-refractivity contribution is 0.286. The summed E-state index contributed by atoms with van der Waals surface area (Å²) < 4.78 is 5.73. The van der Waals surface area contributed by atoms with Gasteiger partial charge < -0.3 is 15.2 Å². The molecular formula is C17H19Cl2NO2. The summed E-state index contributed by atoms with van der Waals surface area (Å²) >= 11 is 12.0. The average molecular weight is 340 g/mol. The van der Waals surface area contributed by atoms with Crippen LogP contribution in [0.3, 0.4) is 0 Å². The quantitative estimate of drug-likeness (QED) is 0.713. The van der Waals surface area contributed by atoms with Crippen molar-refractivity contribution >= 4 is 23.2 Å². The summed E-state index contributed by atoms with van der Waals surface area (Å²) in [4.78, 5) is 0. The first-order chi connectivity index (χ1) is 10.7. The van der Waals surface area contributed by atoms with Gasteiger partial charge in [-0.15, -0.1) is 0 Å². The molecule has 3 nitrogen and oxygen atoms in total. The normalized spacial score (nSPS) is 10.7. The van der Waals surface area contributed by atoms with Crippen LogP contribution in [0.15, 0.2) is 42.5 Å². The summed E-state index contributed by atoms with van der Waals surface area (Å²) in [6, 6.07) is 13.3. The van der Waals surface area contributed by atoms with Crippen LogP contribution < -0.4 is 10.1 Å². The highest BCUT2D eigenvalue weighted by Crippen LogP contribution is 2.22. The maximum atomic E-state index is 8.71. The van der Waals surface area contributed by atoms with Crippen LogP contribution in [-0.4, -0.2) is 18.3 Å². The summed E-state index contributed by atoms with van der Waals surface area (Å²) in [6.45, 7) is 2.21. The van der Waals surface area contributed by atoms with E-state index in [1.165, 1.54) is 5.56 Å². The molecule has 22 heavy (non-hydrogen) atoms. The minimum absolute atomic E-state index is 0.215. The molecule has 0 aliphatic heterocycles. The van der Waals surface area contributed by atoms with Gasteiger partial charge in [-0.3, -0.25) is 0 Å². The van der Waals surface area contributed by atoms with E-state index in [1.807, 2.05) is 30.3 Å². The van der Waals surface area contributed by atoms with E-state index in [4.69, 9.17) is 33.0 Å². The fourth-order valence-electron chi connectivity index (χ4n) is 1.94. The van der Waals surface area contributed by atoms with E-state index in [1.54, 1.807) is 12.1 Å². The van der Waals surface area contributed by atoms with Crippen molar-refractivity contribution in [3.8, 4) is 5.75 Å². The Morgan fingerprint density at radius 3 is 2.50 bits per heavy atom. The molecule has 2 rings (SSSR count). The summed E-state index contributed by atoms with van der Waals surface area (Å²) in [5.74, 6) is 0.796. The molecule has 0 unspecified atom stereocenters. The van der Waals surface area contributed by atoms with Gasteiger partial charge in [-0.25, -0.2) is 0 Å². The number of hydrogen-bond acceptors (Lipinski definition) is 3. The van der Waals surface area contributed by atoms with Crippen LogP contribution >= 0.6 is 23.2 Å². The molecule has 0 radical (unpaired) electrons. The monoisotopic (exact) mass is 339 g/mol. The number of rotatable bonds is 8. The molecule has 0 aliphatic rings. The van der Waals surface area contributed by atoms with Gasteiger partial charge in [-0.1, -0.05) is 41.4 Å². The number of nitrogens with one attached hydrogen (secondary N) is 1. The highest BCUT2D eigenvalue weighted by Gasteiger charge is 2.03. The average Bonchev–Trinajstić information content (AvgIpc) is 2.52. The van der Waals surface area contributed by atoms with Gasteiger partial charge in [0, 0.05) is 28.8 Å². The zero-order valence-electron chi connectivity index (χ0n) is 12.2. The Bertz CT molecular complexity index is 588. The van der Waals surface area contributed by atoms with E-state index in [0.717, 1.165) is 30.8 Å². The molecule has 118 valence electrons. The lowest BCUT2D eigenvalue weighted by Gasteiger charge is -2.09. The van der Waals surface area contributed by atoms with Gasteiger partial charge >= 0.3 is 0 Å². The van der Waals surface area contributed by atoms with Crippen molar-refractivity contribution in [2.75, 3.05) is 13.2 Å². The maximum Gasteiger partial charge on any atom is 0.119 e. The molecule has 2 aromatic rings. The Hall–Kier alpha value is -1.26. The third-order valence-corrected chi connectivity index (χ3v) is 3.76. The minimum Gasteiger partial charge on any atom is -0.489 e. The van der Waals surface area contributed by atoms with E-state index in [0.29, 0.717) is 16.7 Å². The van der Waals surface area contributed by atoms with Crippen molar-refractivity contribution in [1.82, 2.24) is 5.32 Å². The van der Waals surface area contributed by atoms with Gasteiger partial charge in [0.25, 0.3) is 0 Å². The Labute approximate surface area is 140 Å². The molecule has 2 aromatic carbocycles. The number of hydrogen-bond donors (Lipinski definition) is 2. The summed E-state index contributed by atoms with van der Waals surface area (Å²) in [6.07, 6.45) is 0.767. The van der Waals surface area contributed by atoms with Crippen LogP contribution in [0.2, 0.25) is 10.0 Å². The second-order valence-electron chi connectivity index (χ2n) is 4.92. The first-order valence-electron chi connectivity index (χ1n) is 7.16. The molecule has 0 bridgehead atoms. The van der Waals surface area contributed by atoms with Crippen LogP contribution in [0.5, 0.6) is 5.75 Å². The first-order valence-corrected chi connectivity index (χ1v) is 7.92. The second-order valence-corrected chi connectivity index (χ2v) is 5.77. The number of aliphatic hydroxyl groups excluding tert-OH is 1. The third kappa shape index (κ3) is 5.50. The molecule has 0 atom stereocenters. The Morgan fingerprint density at radius 1 is 1.05 bits per heavy atom. The Balaban J connectivity index is 1.83. The highest BCUT2D eigenvalue weighted by molar-refractivity contribution is 6.35. The van der Waals surface area contributed by atoms with Gasteiger partial charge in [0.2, 0.25) is 0 Å². The SMILES string of the molecule is OCCCNCc1ccc(OCc2ccc(Cl)cc2Cl)cc1. The van der Waals surface area contributed by atoms with Crippen molar-refractivity contribution in [2.45, 2.75) is 19.6 Å². The molecule has 0 spiro atoms. The standard InChI is InChI=1S/C17H19Cl2NO2/c18-15-5-4-14(17(19)10-15)12-22-16-6-2-13(3-7-16)11-20-8-1-9-21/h2-7,10,20-21H,1,8-9,11-12H2. The number of aliphatic hydroxyl groups is 1. The first kappa shape index (κ1) is 17.1. The van der Waals surface area contributed by atoms with E-state index in [9.17, 15) is 0 Å². The van der Waals surface area contributed by atoms with E-state index < -0.39 is 0 Å². The summed E-state index contributed by atoms with van der Waals surface area (Å²) in [5, 5.41) is 13.2. The summed E-state index contributed by atoms with van der Waals surface area (Å²) in [5.41, 5.74) is 2.08. The molecule has 0 aliphatic carbocycles. The molecular weight excluding hydrogens is 321 g/mol. The van der Waals surface area contributed by atoms with Crippen LogP contribution in [0.25, 0.3) is 0 Å². The van der Waals surface area contributed by atoms with Crippen molar-refractivity contribution in [1.29, 1.82) is 0 Å². The van der Waals surface area contributed by atoms with E-state index >= 15 is 0 Å². The number of halogens is 2. The molecule has 0 heterocycles. The molecule has 5 heteroatoms. The van der Waals surface area contributed by atoms with Crippen molar-refractivity contribution in [2.24, 2.45) is 0 Å². The highest BCUT2D eigenvalue weighted by atomic mass is 35.5. The Kier molecular flexibility index (Phi) is 7.00. The topological polar surface area (TPSA) is 41.5 Å². The van der Waals surface area contributed by atoms with E-state index in [-0.39, 0.29) is 6.61 Å². The van der Waals surface area contributed by atoms with Gasteiger partial charge in [-0.2, -0.15) is 0 Å². The summed E-state index contributed by atoms with van der Waals surface area (Å²) in [7, 11) is 0. The molecule has 0 amide bonds. The van der Waals surface area contributed by atoms with Gasteiger partial charge in [0.1, 0.15) is 12.4 Å². The van der Waals surface area contributed by atoms with Crippen molar-refractivity contribution in [3.63, 3.8) is 0 Å². The van der Waals surface area contributed by atoms with Crippen molar-refractivity contribution in [3.05, 3.63) is 63.6 Å².